The van der Waals surface area contributed by atoms with Crippen LogP contribution in [0.4, 0.5) is 0 Å². The summed E-state index contributed by atoms with van der Waals surface area (Å²) in [6, 6.07) is 7.63. The summed E-state index contributed by atoms with van der Waals surface area (Å²) in [6.07, 6.45) is 0. The van der Waals surface area contributed by atoms with Gasteiger partial charge in [0, 0.05) is 10.4 Å². The molecule has 23 heavy (non-hydrogen) atoms. The molecule has 0 spiro atoms. The smallest absolute Gasteiger partial charge is 0.262 e. The number of thiophene rings is 1. The first-order chi connectivity index (χ1) is 10.9. The zero-order chi connectivity index (χ0) is 16.7. The van der Waals surface area contributed by atoms with Gasteiger partial charge in [0.2, 0.25) is 0 Å². The first-order valence-electron chi connectivity index (χ1n) is 7.25. The van der Waals surface area contributed by atoms with Crippen molar-refractivity contribution in [2.75, 3.05) is 0 Å². The lowest BCUT2D eigenvalue weighted by atomic mass is 10.1. The minimum absolute atomic E-state index is 0.00732. The fourth-order valence-electron chi connectivity index (χ4n) is 2.68. The molecule has 4 nitrogen and oxygen atoms in total. The topological polar surface area (TPSA) is 60.9 Å². The van der Waals surface area contributed by atoms with E-state index in [2.05, 4.69) is 4.98 Å². The van der Waals surface area contributed by atoms with E-state index in [1.807, 2.05) is 45.0 Å². The highest BCUT2D eigenvalue weighted by Crippen LogP contribution is 2.26. The number of benzene rings is 1. The lowest BCUT2D eigenvalue weighted by molar-refractivity contribution is 0.713. The molecule has 0 aliphatic rings. The summed E-state index contributed by atoms with van der Waals surface area (Å²) < 4.78 is 1.69. The normalized spacial score (nSPS) is 11.1. The molecule has 2 N–H and O–H groups in total. The van der Waals surface area contributed by atoms with Crippen molar-refractivity contribution in [3.63, 3.8) is 0 Å². The molecule has 0 fully saturated rings. The summed E-state index contributed by atoms with van der Waals surface area (Å²) in [5, 5.41) is 0.714. The Bertz CT molecular complexity index is 985. The third-order valence-electron chi connectivity index (χ3n) is 4.09. The van der Waals surface area contributed by atoms with Gasteiger partial charge in [-0.25, -0.2) is 4.98 Å². The van der Waals surface area contributed by atoms with Crippen LogP contribution in [0.1, 0.15) is 27.4 Å². The quantitative estimate of drug-likeness (QED) is 0.743. The van der Waals surface area contributed by atoms with Crippen LogP contribution in [-0.2, 0) is 6.54 Å². The second-order valence-electron chi connectivity index (χ2n) is 5.54. The molecule has 0 saturated carbocycles. The molecule has 118 valence electrons. The van der Waals surface area contributed by atoms with Gasteiger partial charge in [0.05, 0.1) is 11.9 Å². The summed E-state index contributed by atoms with van der Waals surface area (Å²) in [7, 11) is 0. The predicted octanol–water partition coefficient (Wildman–Crippen LogP) is 3.07. The highest BCUT2D eigenvalue weighted by molar-refractivity contribution is 7.80. The van der Waals surface area contributed by atoms with Crippen molar-refractivity contribution in [3.8, 4) is 0 Å². The van der Waals surface area contributed by atoms with Gasteiger partial charge >= 0.3 is 0 Å². The number of nitrogens with zero attached hydrogens (tertiary/aromatic N) is 2. The van der Waals surface area contributed by atoms with E-state index in [0.717, 1.165) is 26.4 Å². The van der Waals surface area contributed by atoms with Crippen LogP contribution in [0, 0.1) is 20.8 Å². The maximum atomic E-state index is 12.9. The molecule has 1 aromatic carbocycles. The number of nitrogens with two attached hydrogens (primary N) is 1. The van der Waals surface area contributed by atoms with Gasteiger partial charge in [-0.3, -0.25) is 9.36 Å². The SMILES string of the molecule is Cc1sc2nc(C)n(Cc3ccccc3C(N)=S)c(=O)c2c1C. The molecule has 2 heterocycles. The highest BCUT2D eigenvalue weighted by atomic mass is 32.1. The molecule has 0 aliphatic heterocycles. The van der Waals surface area contributed by atoms with E-state index in [1.165, 1.54) is 0 Å². The average molecular weight is 343 g/mol. The Kier molecular flexibility index (Phi) is 4.04. The van der Waals surface area contributed by atoms with Crippen LogP contribution in [0.15, 0.2) is 29.1 Å². The molecule has 2 aromatic heterocycles. The van der Waals surface area contributed by atoms with Crippen molar-refractivity contribution in [2.24, 2.45) is 5.73 Å². The van der Waals surface area contributed by atoms with Crippen LogP contribution in [0.25, 0.3) is 10.2 Å². The van der Waals surface area contributed by atoms with Crippen LogP contribution < -0.4 is 11.3 Å². The molecular weight excluding hydrogens is 326 g/mol. The fourth-order valence-corrected chi connectivity index (χ4v) is 3.95. The Morgan fingerprint density at radius 1 is 1.30 bits per heavy atom. The number of hydrogen-bond donors (Lipinski definition) is 1. The standard InChI is InChI=1S/C17H17N3OS2/c1-9-10(2)23-16-14(9)17(21)20(11(3)19-16)8-12-6-4-5-7-13(12)15(18)22/h4-7H,8H2,1-3H3,(H2,18,22). The number of rotatable bonds is 3. The average Bonchev–Trinajstić information content (AvgIpc) is 2.78. The van der Waals surface area contributed by atoms with Crippen molar-refractivity contribution in [1.82, 2.24) is 9.55 Å². The zero-order valence-electron chi connectivity index (χ0n) is 13.2. The van der Waals surface area contributed by atoms with Gasteiger partial charge in [-0.05, 0) is 31.9 Å². The summed E-state index contributed by atoms with van der Waals surface area (Å²) in [4.78, 5) is 19.8. The monoisotopic (exact) mass is 343 g/mol. The molecular formula is C17H17N3OS2. The lowest BCUT2D eigenvalue weighted by Crippen LogP contribution is -2.25. The molecule has 3 aromatic rings. The van der Waals surface area contributed by atoms with E-state index < -0.39 is 0 Å². The third-order valence-corrected chi connectivity index (χ3v) is 5.41. The Morgan fingerprint density at radius 2 is 2.00 bits per heavy atom. The molecule has 0 radical (unpaired) electrons. The van der Waals surface area contributed by atoms with Gasteiger partial charge in [-0.1, -0.05) is 36.5 Å². The number of fused-ring (bicyclic) bond motifs is 1. The van der Waals surface area contributed by atoms with E-state index in [-0.39, 0.29) is 5.56 Å². The fraction of sp³-hybridized carbons (Fsp3) is 0.235. The molecule has 0 aliphatic carbocycles. The van der Waals surface area contributed by atoms with Crippen molar-refractivity contribution < 1.29 is 0 Å². The Hall–Kier alpha value is -2.05. The van der Waals surface area contributed by atoms with Crippen LogP contribution in [-0.4, -0.2) is 14.5 Å². The maximum Gasteiger partial charge on any atom is 0.262 e. The molecule has 0 saturated heterocycles. The first-order valence-corrected chi connectivity index (χ1v) is 8.47. The molecule has 0 amide bonds. The second-order valence-corrected chi connectivity index (χ2v) is 7.18. The number of thiocarbonyl (C=S) groups is 1. The van der Waals surface area contributed by atoms with E-state index in [1.54, 1.807) is 15.9 Å². The van der Waals surface area contributed by atoms with Gasteiger partial charge in [0.15, 0.2) is 0 Å². The Morgan fingerprint density at radius 3 is 2.70 bits per heavy atom. The maximum absolute atomic E-state index is 12.9. The van der Waals surface area contributed by atoms with Gasteiger partial charge in [-0.2, -0.15) is 0 Å². The van der Waals surface area contributed by atoms with E-state index in [4.69, 9.17) is 18.0 Å². The highest BCUT2D eigenvalue weighted by Gasteiger charge is 2.15. The molecule has 0 unspecified atom stereocenters. The second kappa shape index (κ2) is 5.86. The molecule has 0 atom stereocenters. The van der Waals surface area contributed by atoms with Crippen LogP contribution in [0.3, 0.4) is 0 Å². The zero-order valence-corrected chi connectivity index (χ0v) is 14.8. The van der Waals surface area contributed by atoms with Crippen LogP contribution >= 0.6 is 23.6 Å². The van der Waals surface area contributed by atoms with Crippen molar-refractivity contribution in [1.29, 1.82) is 0 Å². The third kappa shape index (κ3) is 2.68. The van der Waals surface area contributed by atoms with Crippen molar-refractivity contribution in [3.05, 3.63) is 62.0 Å². The minimum Gasteiger partial charge on any atom is -0.389 e. The Balaban J connectivity index is 2.20. The summed E-state index contributed by atoms with van der Waals surface area (Å²) in [5.74, 6) is 0.696. The van der Waals surface area contributed by atoms with E-state index in [9.17, 15) is 4.79 Å². The first kappa shape index (κ1) is 15.8. The summed E-state index contributed by atoms with van der Waals surface area (Å²) in [6.45, 7) is 6.26. The number of aromatic nitrogens is 2. The van der Waals surface area contributed by atoms with Gasteiger partial charge < -0.3 is 5.73 Å². The van der Waals surface area contributed by atoms with Crippen LogP contribution in [0.2, 0.25) is 0 Å². The largest absolute Gasteiger partial charge is 0.389 e. The van der Waals surface area contributed by atoms with Gasteiger partial charge in [-0.15, -0.1) is 11.3 Å². The molecule has 3 rings (SSSR count). The van der Waals surface area contributed by atoms with Gasteiger partial charge in [0.1, 0.15) is 15.6 Å². The summed E-state index contributed by atoms with van der Waals surface area (Å²) in [5.41, 5.74) is 8.52. The van der Waals surface area contributed by atoms with Crippen molar-refractivity contribution in [2.45, 2.75) is 27.3 Å². The van der Waals surface area contributed by atoms with E-state index >= 15 is 0 Å². The predicted molar refractivity (Wildman–Crippen MR) is 99.5 cm³/mol. The summed E-state index contributed by atoms with van der Waals surface area (Å²) >= 11 is 6.67. The molecule has 0 bridgehead atoms. The lowest BCUT2D eigenvalue weighted by Gasteiger charge is -2.12. The number of hydrogen-bond acceptors (Lipinski definition) is 4. The Labute approximate surface area is 143 Å². The molecule has 6 heteroatoms. The van der Waals surface area contributed by atoms with E-state index in [0.29, 0.717) is 22.7 Å². The van der Waals surface area contributed by atoms with Crippen LogP contribution in [0.5, 0.6) is 0 Å². The van der Waals surface area contributed by atoms with Gasteiger partial charge in [0.25, 0.3) is 5.56 Å². The van der Waals surface area contributed by atoms with Crippen molar-refractivity contribution >= 4 is 38.8 Å². The minimum atomic E-state index is -0.00732. The number of aryl methyl sites for hydroxylation is 3.